The lowest BCUT2D eigenvalue weighted by Gasteiger charge is -1.96. The summed E-state index contributed by atoms with van der Waals surface area (Å²) in [5, 5.41) is 1.25. The molecule has 2 aromatic heterocycles. The van der Waals surface area contributed by atoms with Crippen LogP contribution in [0.5, 0.6) is 0 Å². The monoisotopic (exact) mass is 189 g/mol. The highest BCUT2D eigenvalue weighted by Gasteiger charge is 2.05. The minimum atomic E-state index is 0.742. The first-order valence-electron chi connectivity index (χ1n) is 4.30. The fourth-order valence-corrected chi connectivity index (χ4v) is 2.14. The van der Waals surface area contributed by atoms with Gasteiger partial charge in [0, 0.05) is 17.8 Å². The largest absolute Gasteiger partial charge is 0.315 e. The molecule has 0 spiro atoms. The summed E-state index contributed by atoms with van der Waals surface area (Å²) in [6.45, 7) is 4.22. The van der Waals surface area contributed by atoms with E-state index in [9.17, 15) is 0 Å². The highest BCUT2D eigenvalue weighted by molar-refractivity contribution is 7.35. The fourth-order valence-electron chi connectivity index (χ4n) is 1.48. The van der Waals surface area contributed by atoms with E-state index in [2.05, 4.69) is 42.4 Å². The molecule has 0 aliphatic carbocycles. The molecule has 1 unspecified atom stereocenters. The highest BCUT2D eigenvalue weighted by atomic mass is 31.1. The lowest BCUT2D eigenvalue weighted by molar-refractivity contribution is 1.25. The predicted molar refractivity (Wildman–Crippen MR) is 60.6 cm³/mol. The average molecular weight is 189 g/mol. The van der Waals surface area contributed by atoms with E-state index in [1.54, 1.807) is 0 Å². The standard InChI is InChI=1S/C9H11BN2P/c1-10-8-6-12(13-2)9-7(8)4-3-5-11-9/h3-6,13H,1-2H3. The second kappa shape index (κ2) is 3.51. The van der Waals surface area contributed by atoms with Crippen LogP contribution in [0.3, 0.4) is 0 Å². The molecule has 2 rings (SSSR count). The summed E-state index contributed by atoms with van der Waals surface area (Å²) in [5.41, 5.74) is 2.37. The van der Waals surface area contributed by atoms with Crippen molar-refractivity contribution < 1.29 is 0 Å². The Morgan fingerprint density at radius 1 is 1.54 bits per heavy atom. The Morgan fingerprint density at radius 3 is 3.08 bits per heavy atom. The Kier molecular flexibility index (Phi) is 2.37. The molecular weight excluding hydrogens is 178 g/mol. The lowest BCUT2D eigenvalue weighted by atomic mass is 9.73. The topological polar surface area (TPSA) is 17.8 Å². The first-order valence-corrected chi connectivity index (χ1v) is 5.74. The van der Waals surface area contributed by atoms with Gasteiger partial charge in [0.15, 0.2) is 7.28 Å². The van der Waals surface area contributed by atoms with Crippen LogP contribution < -0.4 is 5.46 Å². The molecule has 0 aliphatic rings. The van der Waals surface area contributed by atoms with Crippen molar-refractivity contribution >= 4 is 32.5 Å². The first-order chi connectivity index (χ1) is 6.36. The van der Waals surface area contributed by atoms with E-state index >= 15 is 0 Å². The Labute approximate surface area is 80.4 Å². The van der Waals surface area contributed by atoms with Gasteiger partial charge in [-0.1, -0.05) is 18.4 Å². The third-order valence-corrected chi connectivity index (χ3v) is 2.97. The van der Waals surface area contributed by atoms with Gasteiger partial charge in [-0.3, -0.25) is 0 Å². The number of nitrogens with zero attached hydrogens (tertiary/aromatic N) is 2. The maximum absolute atomic E-state index is 4.37. The highest BCUT2D eigenvalue weighted by Crippen LogP contribution is 2.18. The van der Waals surface area contributed by atoms with Crippen LogP contribution >= 0.6 is 8.73 Å². The zero-order valence-corrected chi connectivity index (χ0v) is 8.78. The van der Waals surface area contributed by atoms with Crippen molar-refractivity contribution in [2.75, 3.05) is 6.66 Å². The maximum atomic E-state index is 4.37. The quantitative estimate of drug-likeness (QED) is 0.516. The van der Waals surface area contributed by atoms with Crippen molar-refractivity contribution in [3.8, 4) is 0 Å². The third-order valence-electron chi connectivity index (χ3n) is 2.15. The van der Waals surface area contributed by atoms with Crippen LogP contribution in [0.15, 0.2) is 24.5 Å². The molecule has 2 nitrogen and oxygen atoms in total. The van der Waals surface area contributed by atoms with Crippen LogP contribution in [0.1, 0.15) is 0 Å². The maximum Gasteiger partial charge on any atom is 0.151 e. The molecule has 0 saturated heterocycles. The number of fused-ring (bicyclic) bond motifs is 1. The third kappa shape index (κ3) is 1.38. The minimum Gasteiger partial charge on any atom is -0.315 e. The predicted octanol–water partition coefficient (Wildman–Crippen LogP) is 1.49. The van der Waals surface area contributed by atoms with E-state index in [1.165, 1.54) is 10.8 Å². The zero-order valence-electron chi connectivity index (χ0n) is 7.78. The molecule has 0 fully saturated rings. The number of hydrogen-bond donors (Lipinski definition) is 0. The van der Waals surface area contributed by atoms with Crippen molar-refractivity contribution in [3.05, 3.63) is 24.5 Å². The van der Waals surface area contributed by atoms with Gasteiger partial charge in [-0.05, 0) is 21.5 Å². The second-order valence-corrected chi connectivity index (χ2v) is 3.77. The first kappa shape index (κ1) is 8.77. The molecule has 2 aromatic rings. The van der Waals surface area contributed by atoms with E-state index in [1.807, 2.05) is 12.3 Å². The molecule has 0 bridgehead atoms. The zero-order chi connectivity index (χ0) is 9.26. The van der Waals surface area contributed by atoms with E-state index in [0.29, 0.717) is 0 Å². The van der Waals surface area contributed by atoms with E-state index in [4.69, 9.17) is 0 Å². The second-order valence-electron chi connectivity index (χ2n) is 2.84. The molecule has 4 heteroatoms. The number of rotatable bonds is 2. The van der Waals surface area contributed by atoms with Crippen LogP contribution in [-0.2, 0) is 0 Å². The smallest absolute Gasteiger partial charge is 0.151 e. The normalized spacial score (nSPS) is 11.5. The molecule has 1 radical (unpaired) electrons. The van der Waals surface area contributed by atoms with E-state index in [-0.39, 0.29) is 0 Å². The number of pyridine rings is 1. The SMILES string of the molecule is C[B]c1cn(PC)c2ncccc12. The summed E-state index contributed by atoms with van der Waals surface area (Å²) in [5.74, 6) is 0. The molecule has 13 heavy (non-hydrogen) atoms. The summed E-state index contributed by atoms with van der Waals surface area (Å²) in [6.07, 6.45) is 4.01. The summed E-state index contributed by atoms with van der Waals surface area (Å²) >= 11 is 0. The van der Waals surface area contributed by atoms with Gasteiger partial charge in [0.25, 0.3) is 0 Å². The van der Waals surface area contributed by atoms with Gasteiger partial charge in [0.1, 0.15) is 5.65 Å². The summed E-state index contributed by atoms with van der Waals surface area (Å²) < 4.78 is 2.20. The average Bonchev–Trinajstić information content (AvgIpc) is 2.56. The van der Waals surface area contributed by atoms with Crippen LogP contribution in [0.2, 0.25) is 6.82 Å². The van der Waals surface area contributed by atoms with Crippen LogP contribution in [0, 0.1) is 0 Å². The van der Waals surface area contributed by atoms with Crippen LogP contribution in [0.25, 0.3) is 11.0 Å². The molecule has 0 saturated carbocycles. The van der Waals surface area contributed by atoms with Crippen molar-refractivity contribution in [3.63, 3.8) is 0 Å². The molecule has 2 heterocycles. The molecule has 0 aliphatic heterocycles. The minimum absolute atomic E-state index is 0.742. The molecule has 1 atom stereocenters. The van der Waals surface area contributed by atoms with Crippen LogP contribution in [0.4, 0.5) is 0 Å². The van der Waals surface area contributed by atoms with Gasteiger partial charge in [-0.15, -0.1) is 0 Å². The van der Waals surface area contributed by atoms with Gasteiger partial charge >= 0.3 is 0 Å². The number of aromatic nitrogens is 2. The Balaban J connectivity index is 2.74. The Bertz CT molecular complexity index is 386. The summed E-state index contributed by atoms with van der Waals surface area (Å²) in [6, 6.07) is 4.10. The van der Waals surface area contributed by atoms with Gasteiger partial charge in [-0.2, -0.15) is 0 Å². The van der Waals surface area contributed by atoms with Crippen molar-refractivity contribution in [2.45, 2.75) is 6.82 Å². The van der Waals surface area contributed by atoms with Crippen molar-refractivity contribution in [1.82, 2.24) is 9.32 Å². The van der Waals surface area contributed by atoms with E-state index in [0.717, 1.165) is 14.4 Å². The Hall–Kier alpha value is -0.815. The van der Waals surface area contributed by atoms with Gasteiger partial charge in [0.05, 0.1) is 0 Å². The Morgan fingerprint density at radius 2 is 2.38 bits per heavy atom. The molecule has 0 amide bonds. The van der Waals surface area contributed by atoms with Crippen molar-refractivity contribution in [1.29, 1.82) is 0 Å². The molecule has 0 N–H and O–H groups in total. The van der Waals surface area contributed by atoms with Gasteiger partial charge in [-0.25, -0.2) is 4.98 Å². The summed E-state index contributed by atoms with van der Waals surface area (Å²) in [4.78, 5) is 4.37. The van der Waals surface area contributed by atoms with Crippen molar-refractivity contribution in [2.24, 2.45) is 0 Å². The fraction of sp³-hybridized carbons (Fsp3) is 0.222. The van der Waals surface area contributed by atoms with Crippen LogP contribution in [-0.4, -0.2) is 23.3 Å². The molecule has 0 aromatic carbocycles. The van der Waals surface area contributed by atoms with Gasteiger partial charge in [0.2, 0.25) is 0 Å². The van der Waals surface area contributed by atoms with E-state index < -0.39 is 0 Å². The molecule has 65 valence electrons. The summed E-state index contributed by atoms with van der Waals surface area (Å²) in [7, 11) is 2.87. The lowest BCUT2D eigenvalue weighted by Crippen LogP contribution is -2.07. The van der Waals surface area contributed by atoms with Gasteiger partial charge < -0.3 is 4.34 Å². The number of hydrogen-bond acceptors (Lipinski definition) is 1. The molecular formula is C9H11BN2P.